The largest absolute Gasteiger partial charge is 0.475 e. The van der Waals surface area contributed by atoms with Gasteiger partial charge in [0.1, 0.15) is 12.4 Å². The first-order chi connectivity index (χ1) is 9.36. The predicted octanol–water partition coefficient (Wildman–Crippen LogP) is 3.70. The number of allylic oxidation sites excluding steroid dienone is 3. The highest BCUT2D eigenvalue weighted by molar-refractivity contribution is 5.98. The Morgan fingerprint density at radius 2 is 2.15 bits per heavy atom. The van der Waals surface area contributed by atoms with Crippen molar-refractivity contribution in [3.8, 4) is 0 Å². The van der Waals surface area contributed by atoms with Crippen LogP contribution in [0.1, 0.15) is 47.5 Å². The van der Waals surface area contributed by atoms with Gasteiger partial charge in [-0.1, -0.05) is 39.0 Å². The van der Waals surface area contributed by atoms with Gasteiger partial charge in [0, 0.05) is 17.9 Å². The van der Waals surface area contributed by atoms with Crippen molar-refractivity contribution in [2.24, 2.45) is 16.3 Å². The molecule has 110 valence electrons. The van der Waals surface area contributed by atoms with E-state index in [9.17, 15) is 4.79 Å². The number of carbonyl (C=O) groups is 1. The summed E-state index contributed by atoms with van der Waals surface area (Å²) in [5.41, 5.74) is 0.486. The summed E-state index contributed by atoms with van der Waals surface area (Å²) in [6, 6.07) is 0. The van der Waals surface area contributed by atoms with Gasteiger partial charge in [-0.2, -0.15) is 0 Å². The molecular weight excluding hydrogens is 250 g/mol. The fourth-order valence-electron chi connectivity index (χ4n) is 3.16. The standard InChI is InChI=1S/C17H25NO2/c1-6-14(19)17(7-2)10-8-9-13(12(17)3)15-18-16(4,5)11-20-15/h8-10,12H,6-7,11H2,1-5H3/t12-,17+/m1/s1. The molecule has 3 nitrogen and oxygen atoms in total. The van der Waals surface area contributed by atoms with Crippen LogP contribution >= 0.6 is 0 Å². The molecule has 1 aliphatic heterocycles. The van der Waals surface area contributed by atoms with E-state index in [1.54, 1.807) is 0 Å². The molecule has 3 heteroatoms. The molecule has 0 bridgehead atoms. The second kappa shape index (κ2) is 5.19. The van der Waals surface area contributed by atoms with Gasteiger partial charge in [-0.05, 0) is 20.3 Å². The van der Waals surface area contributed by atoms with E-state index in [-0.39, 0.29) is 11.5 Å². The maximum atomic E-state index is 12.5. The molecule has 2 aliphatic rings. The molecular formula is C17H25NO2. The number of Topliss-reactive ketones (excluding diaryl/α,β-unsaturated/α-hetero) is 1. The summed E-state index contributed by atoms with van der Waals surface area (Å²) in [7, 11) is 0. The Balaban J connectivity index is 2.37. The van der Waals surface area contributed by atoms with Crippen LogP contribution < -0.4 is 0 Å². The van der Waals surface area contributed by atoms with Crippen LogP contribution in [-0.2, 0) is 9.53 Å². The quantitative estimate of drug-likeness (QED) is 0.784. The van der Waals surface area contributed by atoms with E-state index in [2.05, 4.69) is 38.8 Å². The van der Waals surface area contributed by atoms with E-state index < -0.39 is 5.41 Å². The van der Waals surface area contributed by atoms with Gasteiger partial charge >= 0.3 is 0 Å². The molecule has 0 aromatic heterocycles. The Morgan fingerprint density at radius 3 is 2.65 bits per heavy atom. The van der Waals surface area contributed by atoms with Gasteiger partial charge in [0.25, 0.3) is 0 Å². The molecule has 0 unspecified atom stereocenters. The zero-order valence-corrected chi connectivity index (χ0v) is 13.2. The summed E-state index contributed by atoms with van der Waals surface area (Å²) >= 11 is 0. The molecule has 1 heterocycles. The second-order valence-electron chi connectivity index (χ2n) is 6.39. The fraction of sp³-hybridized carbons (Fsp3) is 0.647. The highest BCUT2D eigenvalue weighted by atomic mass is 16.5. The van der Waals surface area contributed by atoms with Crippen LogP contribution in [0.2, 0.25) is 0 Å². The first-order valence-corrected chi connectivity index (χ1v) is 7.52. The molecule has 0 spiro atoms. The van der Waals surface area contributed by atoms with Crippen LogP contribution in [0, 0.1) is 11.3 Å². The first kappa shape index (κ1) is 15.0. The maximum absolute atomic E-state index is 12.5. The van der Waals surface area contributed by atoms with Crippen molar-refractivity contribution < 1.29 is 9.53 Å². The lowest BCUT2D eigenvalue weighted by Crippen LogP contribution is -2.38. The van der Waals surface area contributed by atoms with Crippen molar-refractivity contribution in [3.05, 3.63) is 23.8 Å². The molecule has 20 heavy (non-hydrogen) atoms. The van der Waals surface area contributed by atoms with E-state index in [1.165, 1.54) is 0 Å². The van der Waals surface area contributed by atoms with Crippen LogP contribution in [-0.4, -0.2) is 23.8 Å². The Morgan fingerprint density at radius 1 is 1.45 bits per heavy atom. The lowest BCUT2D eigenvalue weighted by Gasteiger charge is -2.37. The Labute approximate surface area is 121 Å². The van der Waals surface area contributed by atoms with Crippen molar-refractivity contribution in [1.29, 1.82) is 0 Å². The van der Waals surface area contributed by atoms with Gasteiger partial charge in [0.15, 0.2) is 0 Å². The lowest BCUT2D eigenvalue weighted by molar-refractivity contribution is -0.127. The van der Waals surface area contributed by atoms with E-state index in [1.807, 2.05) is 19.1 Å². The summed E-state index contributed by atoms with van der Waals surface area (Å²) in [6.45, 7) is 10.9. The third-order valence-electron chi connectivity index (χ3n) is 4.55. The van der Waals surface area contributed by atoms with Crippen molar-refractivity contribution in [1.82, 2.24) is 0 Å². The molecule has 0 saturated carbocycles. The minimum absolute atomic E-state index is 0.109. The summed E-state index contributed by atoms with van der Waals surface area (Å²) in [4.78, 5) is 17.1. The van der Waals surface area contributed by atoms with Crippen LogP contribution in [0.5, 0.6) is 0 Å². The number of nitrogens with zero attached hydrogens (tertiary/aromatic N) is 1. The summed E-state index contributed by atoms with van der Waals surface area (Å²) in [5.74, 6) is 1.12. The SMILES string of the molecule is CCC(=O)[C@@]1(CC)C=CC=C(C2=NC(C)(C)CO2)[C@H]1C. The van der Waals surface area contributed by atoms with Gasteiger partial charge in [-0.3, -0.25) is 4.79 Å². The average molecular weight is 275 g/mol. The fourth-order valence-corrected chi connectivity index (χ4v) is 3.16. The molecule has 0 N–H and O–H groups in total. The molecule has 1 aliphatic carbocycles. The third kappa shape index (κ3) is 2.34. The number of ketones is 1. The molecule has 2 rings (SSSR count). The first-order valence-electron chi connectivity index (χ1n) is 7.52. The highest BCUT2D eigenvalue weighted by Gasteiger charge is 2.43. The van der Waals surface area contributed by atoms with Crippen molar-refractivity contribution >= 4 is 11.7 Å². The zero-order valence-electron chi connectivity index (χ0n) is 13.2. The number of carbonyl (C=O) groups excluding carboxylic acids is 1. The Hall–Kier alpha value is -1.38. The minimum Gasteiger partial charge on any atom is -0.475 e. The van der Waals surface area contributed by atoms with E-state index in [4.69, 9.17) is 4.74 Å². The van der Waals surface area contributed by atoms with Gasteiger partial charge in [-0.15, -0.1) is 0 Å². The molecule has 0 aromatic carbocycles. The smallest absolute Gasteiger partial charge is 0.212 e. The Kier molecular flexibility index (Phi) is 3.90. The van der Waals surface area contributed by atoms with E-state index in [0.717, 1.165) is 12.0 Å². The van der Waals surface area contributed by atoms with Crippen molar-refractivity contribution in [2.45, 2.75) is 53.0 Å². The number of ether oxygens (including phenoxy) is 1. The monoisotopic (exact) mass is 275 g/mol. The number of hydrogen-bond donors (Lipinski definition) is 0. The van der Waals surface area contributed by atoms with Crippen molar-refractivity contribution in [3.63, 3.8) is 0 Å². The minimum atomic E-state index is -0.405. The molecule has 0 amide bonds. The van der Waals surface area contributed by atoms with E-state index >= 15 is 0 Å². The maximum Gasteiger partial charge on any atom is 0.212 e. The summed E-state index contributed by atoms with van der Waals surface area (Å²) in [6.07, 6.45) is 7.47. The molecule has 0 fully saturated rings. The molecule has 0 aromatic rings. The number of rotatable bonds is 4. The summed E-state index contributed by atoms with van der Waals surface area (Å²) in [5, 5.41) is 0. The van der Waals surface area contributed by atoms with Crippen LogP contribution in [0.25, 0.3) is 0 Å². The number of aliphatic imine (C=N–C) groups is 1. The average Bonchev–Trinajstić information content (AvgIpc) is 2.78. The van der Waals surface area contributed by atoms with Crippen molar-refractivity contribution in [2.75, 3.05) is 6.61 Å². The normalized spacial score (nSPS) is 31.6. The highest BCUT2D eigenvalue weighted by Crippen LogP contribution is 2.43. The summed E-state index contributed by atoms with van der Waals surface area (Å²) < 4.78 is 5.77. The van der Waals surface area contributed by atoms with Gasteiger partial charge < -0.3 is 4.74 Å². The molecule has 0 radical (unpaired) electrons. The molecule has 0 saturated heterocycles. The predicted molar refractivity (Wildman–Crippen MR) is 81.9 cm³/mol. The zero-order chi connectivity index (χ0) is 15.0. The van der Waals surface area contributed by atoms with Crippen LogP contribution in [0.15, 0.2) is 28.8 Å². The molecule has 2 atom stereocenters. The van der Waals surface area contributed by atoms with E-state index in [0.29, 0.717) is 24.7 Å². The third-order valence-corrected chi connectivity index (χ3v) is 4.55. The second-order valence-corrected chi connectivity index (χ2v) is 6.39. The van der Waals surface area contributed by atoms with Gasteiger partial charge in [-0.25, -0.2) is 4.99 Å². The van der Waals surface area contributed by atoms with Crippen LogP contribution in [0.4, 0.5) is 0 Å². The Bertz CT molecular complexity index is 499. The lowest BCUT2D eigenvalue weighted by atomic mass is 9.65. The van der Waals surface area contributed by atoms with Gasteiger partial charge in [0.05, 0.1) is 11.0 Å². The number of hydrogen-bond acceptors (Lipinski definition) is 3. The topological polar surface area (TPSA) is 38.7 Å². The van der Waals surface area contributed by atoms with Gasteiger partial charge in [0.2, 0.25) is 5.90 Å². The van der Waals surface area contributed by atoms with Crippen LogP contribution in [0.3, 0.4) is 0 Å².